The van der Waals surface area contributed by atoms with E-state index in [2.05, 4.69) is 30.3 Å². The summed E-state index contributed by atoms with van der Waals surface area (Å²) in [7, 11) is 0. The second-order valence-electron chi connectivity index (χ2n) is 5.08. The van der Waals surface area contributed by atoms with E-state index in [4.69, 9.17) is 11.5 Å². The summed E-state index contributed by atoms with van der Waals surface area (Å²) in [5.41, 5.74) is 13.5. The van der Waals surface area contributed by atoms with Crippen LogP contribution in [0.5, 0.6) is 0 Å². The molecule has 0 aliphatic heterocycles. The number of hydrogen-bond donors (Lipinski definition) is 2. The van der Waals surface area contributed by atoms with Crippen LogP contribution in [-0.2, 0) is 6.54 Å². The predicted octanol–water partition coefficient (Wildman–Crippen LogP) is 4.00. The van der Waals surface area contributed by atoms with Gasteiger partial charge in [-0.25, -0.2) is 0 Å². The molecule has 0 fully saturated rings. The van der Waals surface area contributed by atoms with Crippen molar-refractivity contribution < 1.29 is 0 Å². The SMILES string of the molecule is CC(N)c1ccccc1.NCc1ccc2ccccc2c1. The maximum Gasteiger partial charge on any atom is 0.0266 e. The minimum absolute atomic E-state index is 0.159. The molecule has 2 nitrogen and oxygen atoms in total. The largest absolute Gasteiger partial charge is 0.326 e. The van der Waals surface area contributed by atoms with Crippen molar-refractivity contribution in [3.05, 3.63) is 83.9 Å². The Hall–Kier alpha value is -2.16. The van der Waals surface area contributed by atoms with E-state index in [1.165, 1.54) is 21.9 Å². The van der Waals surface area contributed by atoms with Gasteiger partial charge in [0.15, 0.2) is 0 Å². The first-order valence-corrected chi connectivity index (χ1v) is 7.19. The lowest BCUT2D eigenvalue weighted by molar-refractivity contribution is 0.818. The van der Waals surface area contributed by atoms with Crippen LogP contribution in [0.4, 0.5) is 0 Å². The molecule has 0 saturated carbocycles. The quantitative estimate of drug-likeness (QED) is 0.744. The van der Waals surface area contributed by atoms with E-state index < -0.39 is 0 Å². The molecule has 108 valence electrons. The third-order valence-electron chi connectivity index (χ3n) is 3.37. The van der Waals surface area contributed by atoms with E-state index in [1.807, 2.05) is 49.4 Å². The molecular formula is C19H22N2. The molecule has 2 heteroatoms. The van der Waals surface area contributed by atoms with Gasteiger partial charge >= 0.3 is 0 Å². The van der Waals surface area contributed by atoms with Gasteiger partial charge in [0, 0.05) is 12.6 Å². The lowest BCUT2D eigenvalue weighted by Gasteiger charge is -2.02. The van der Waals surface area contributed by atoms with E-state index in [9.17, 15) is 0 Å². The average Bonchev–Trinajstić information content (AvgIpc) is 2.55. The van der Waals surface area contributed by atoms with Crippen LogP contribution in [0.3, 0.4) is 0 Å². The van der Waals surface area contributed by atoms with Crippen LogP contribution in [-0.4, -0.2) is 0 Å². The lowest BCUT2D eigenvalue weighted by atomic mass is 10.1. The Labute approximate surface area is 126 Å². The maximum atomic E-state index is 5.61. The van der Waals surface area contributed by atoms with Gasteiger partial charge in [0.1, 0.15) is 0 Å². The van der Waals surface area contributed by atoms with Crippen molar-refractivity contribution in [2.24, 2.45) is 11.5 Å². The van der Waals surface area contributed by atoms with E-state index in [0.717, 1.165) is 0 Å². The molecule has 3 aromatic rings. The molecule has 3 rings (SSSR count). The molecule has 0 amide bonds. The van der Waals surface area contributed by atoms with Crippen LogP contribution >= 0.6 is 0 Å². The first-order chi connectivity index (χ1) is 10.2. The van der Waals surface area contributed by atoms with Crippen LogP contribution in [0.25, 0.3) is 10.8 Å². The summed E-state index contributed by atoms with van der Waals surface area (Å²) < 4.78 is 0. The molecule has 0 spiro atoms. The van der Waals surface area contributed by atoms with Gasteiger partial charge in [0.25, 0.3) is 0 Å². The highest BCUT2D eigenvalue weighted by atomic mass is 14.6. The third-order valence-corrected chi connectivity index (χ3v) is 3.37. The fourth-order valence-corrected chi connectivity index (χ4v) is 2.12. The van der Waals surface area contributed by atoms with Crippen molar-refractivity contribution in [2.75, 3.05) is 0 Å². The molecule has 0 bridgehead atoms. The lowest BCUT2D eigenvalue weighted by Crippen LogP contribution is -2.03. The van der Waals surface area contributed by atoms with Crippen LogP contribution in [0, 0.1) is 0 Å². The molecule has 0 radical (unpaired) electrons. The minimum Gasteiger partial charge on any atom is -0.326 e. The molecule has 0 aliphatic rings. The van der Waals surface area contributed by atoms with Crippen molar-refractivity contribution >= 4 is 10.8 Å². The van der Waals surface area contributed by atoms with Crippen molar-refractivity contribution in [1.82, 2.24) is 0 Å². The monoisotopic (exact) mass is 278 g/mol. The summed E-state index contributed by atoms with van der Waals surface area (Å²) in [6, 6.07) is 24.8. The van der Waals surface area contributed by atoms with Crippen LogP contribution in [0.1, 0.15) is 24.1 Å². The Bertz CT molecular complexity index is 675. The Morgan fingerprint density at radius 2 is 1.43 bits per heavy atom. The number of nitrogens with two attached hydrogens (primary N) is 2. The van der Waals surface area contributed by atoms with Crippen molar-refractivity contribution in [1.29, 1.82) is 0 Å². The molecule has 1 unspecified atom stereocenters. The van der Waals surface area contributed by atoms with E-state index in [-0.39, 0.29) is 6.04 Å². The van der Waals surface area contributed by atoms with Crippen LogP contribution in [0.2, 0.25) is 0 Å². The second kappa shape index (κ2) is 7.58. The summed E-state index contributed by atoms with van der Waals surface area (Å²) in [6.45, 7) is 2.60. The Kier molecular flexibility index (Phi) is 5.50. The number of benzene rings is 3. The molecule has 0 aromatic heterocycles. The van der Waals surface area contributed by atoms with Crippen molar-refractivity contribution in [2.45, 2.75) is 19.5 Å². The molecule has 21 heavy (non-hydrogen) atoms. The zero-order valence-corrected chi connectivity index (χ0v) is 12.4. The topological polar surface area (TPSA) is 52.0 Å². The molecule has 0 saturated heterocycles. The standard InChI is InChI=1S/C11H11N.C8H11N/c12-8-9-5-6-10-3-1-2-4-11(10)7-9;1-7(9)8-5-3-2-4-6-8/h1-7H,8,12H2;2-7H,9H2,1H3. The summed E-state index contributed by atoms with van der Waals surface area (Å²) >= 11 is 0. The van der Waals surface area contributed by atoms with E-state index in [0.29, 0.717) is 6.54 Å². The Morgan fingerprint density at radius 1 is 0.810 bits per heavy atom. The summed E-state index contributed by atoms with van der Waals surface area (Å²) in [5.74, 6) is 0. The highest BCUT2D eigenvalue weighted by Crippen LogP contribution is 2.14. The Balaban J connectivity index is 0.000000161. The first kappa shape index (κ1) is 15.2. The Morgan fingerprint density at radius 3 is 2.00 bits per heavy atom. The molecular weight excluding hydrogens is 256 g/mol. The molecule has 0 heterocycles. The average molecular weight is 278 g/mol. The van der Waals surface area contributed by atoms with E-state index in [1.54, 1.807) is 0 Å². The van der Waals surface area contributed by atoms with Gasteiger partial charge in [0.2, 0.25) is 0 Å². The van der Waals surface area contributed by atoms with Gasteiger partial charge in [-0.1, -0.05) is 66.7 Å². The molecule has 3 aromatic carbocycles. The smallest absolute Gasteiger partial charge is 0.0266 e. The summed E-state index contributed by atoms with van der Waals surface area (Å²) in [5, 5.41) is 2.54. The number of fused-ring (bicyclic) bond motifs is 1. The van der Waals surface area contributed by atoms with Gasteiger partial charge in [0.05, 0.1) is 0 Å². The molecule has 1 atom stereocenters. The van der Waals surface area contributed by atoms with E-state index >= 15 is 0 Å². The highest BCUT2D eigenvalue weighted by Gasteiger charge is 1.94. The van der Waals surface area contributed by atoms with Gasteiger partial charge < -0.3 is 11.5 Å². The number of rotatable bonds is 2. The maximum absolute atomic E-state index is 5.61. The van der Waals surface area contributed by atoms with Gasteiger partial charge in [-0.05, 0) is 34.9 Å². The fraction of sp³-hybridized carbons (Fsp3) is 0.158. The van der Waals surface area contributed by atoms with Crippen molar-refractivity contribution in [3.8, 4) is 0 Å². The number of hydrogen-bond acceptors (Lipinski definition) is 2. The van der Waals surface area contributed by atoms with Crippen molar-refractivity contribution in [3.63, 3.8) is 0 Å². The predicted molar refractivity (Wildman–Crippen MR) is 90.9 cm³/mol. The summed E-state index contributed by atoms with van der Waals surface area (Å²) in [6.07, 6.45) is 0. The normalized spacial score (nSPS) is 11.6. The van der Waals surface area contributed by atoms with Crippen LogP contribution in [0.15, 0.2) is 72.8 Å². The van der Waals surface area contributed by atoms with Gasteiger partial charge in [-0.3, -0.25) is 0 Å². The van der Waals surface area contributed by atoms with Gasteiger partial charge in [-0.2, -0.15) is 0 Å². The molecule has 0 aliphatic carbocycles. The molecule has 4 N–H and O–H groups in total. The zero-order valence-electron chi connectivity index (χ0n) is 12.4. The van der Waals surface area contributed by atoms with Crippen LogP contribution < -0.4 is 11.5 Å². The fourth-order valence-electron chi connectivity index (χ4n) is 2.12. The van der Waals surface area contributed by atoms with Gasteiger partial charge in [-0.15, -0.1) is 0 Å². The minimum atomic E-state index is 0.159. The first-order valence-electron chi connectivity index (χ1n) is 7.19. The zero-order chi connectivity index (χ0) is 15.1. The second-order valence-corrected chi connectivity index (χ2v) is 5.08. The highest BCUT2D eigenvalue weighted by molar-refractivity contribution is 5.82. The summed E-state index contributed by atoms with van der Waals surface area (Å²) in [4.78, 5) is 0. The third kappa shape index (κ3) is 4.42.